The second-order valence-corrected chi connectivity index (χ2v) is 6.11. The van der Waals surface area contributed by atoms with Crippen molar-refractivity contribution in [1.82, 2.24) is 9.55 Å². The lowest BCUT2D eigenvalue weighted by Gasteiger charge is -2.12. The van der Waals surface area contributed by atoms with E-state index in [1.165, 1.54) is 6.20 Å². The largest absolute Gasteiger partial charge is 0.321 e. The van der Waals surface area contributed by atoms with Gasteiger partial charge in [0.05, 0.1) is 6.20 Å². The summed E-state index contributed by atoms with van der Waals surface area (Å²) >= 11 is 0. The van der Waals surface area contributed by atoms with Gasteiger partial charge in [-0.1, -0.05) is 49.7 Å². The average molecular weight is 362 g/mol. The first-order valence-corrected chi connectivity index (χ1v) is 8.97. The molecule has 0 unspecified atom stereocenters. The van der Waals surface area contributed by atoms with Gasteiger partial charge < -0.3 is 15.2 Å². The maximum Gasteiger partial charge on any atom is 0.291 e. The first-order chi connectivity index (χ1) is 13.2. The standard InChI is InChI=1S/C21H22N4O2/c1-2-3-14-25-18(20(26)23-16-10-6-4-7-11-16)15-22-19(25)21(27)24-17-12-8-5-9-13-17/h4-13,15H,2-3,14H2,1H3,(H,23,26)(H,24,27). The molecule has 1 heterocycles. The van der Waals surface area contributed by atoms with E-state index in [0.717, 1.165) is 12.8 Å². The van der Waals surface area contributed by atoms with Crippen LogP contribution < -0.4 is 10.6 Å². The minimum Gasteiger partial charge on any atom is -0.321 e. The fourth-order valence-electron chi connectivity index (χ4n) is 2.71. The second kappa shape index (κ2) is 8.80. The van der Waals surface area contributed by atoms with E-state index in [1.807, 2.05) is 48.5 Å². The van der Waals surface area contributed by atoms with Crippen LogP contribution in [0.15, 0.2) is 66.9 Å². The molecular weight excluding hydrogens is 340 g/mol. The van der Waals surface area contributed by atoms with Gasteiger partial charge in [0.25, 0.3) is 11.8 Å². The number of imidazole rings is 1. The molecular formula is C21H22N4O2. The third-order valence-electron chi connectivity index (χ3n) is 4.09. The number of nitrogens with zero attached hydrogens (tertiary/aromatic N) is 2. The average Bonchev–Trinajstić information content (AvgIpc) is 3.12. The molecule has 0 saturated carbocycles. The number of carbonyl (C=O) groups is 2. The molecule has 0 saturated heterocycles. The number of hydrogen-bond donors (Lipinski definition) is 2. The molecule has 0 fully saturated rings. The summed E-state index contributed by atoms with van der Waals surface area (Å²) in [4.78, 5) is 29.6. The van der Waals surface area contributed by atoms with Crippen molar-refractivity contribution in [3.8, 4) is 0 Å². The molecule has 0 aliphatic carbocycles. The summed E-state index contributed by atoms with van der Waals surface area (Å²) in [6, 6.07) is 18.4. The summed E-state index contributed by atoms with van der Waals surface area (Å²) in [5, 5.41) is 5.67. The van der Waals surface area contributed by atoms with Gasteiger partial charge in [0.1, 0.15) is 5.69 Å². The zero-order valence-corrected chi connectivity index (χ0v) is 15.2. The van der Waals surface area contributed by atoms with Crippen LogP contribution >= 0.6 is 0 Å². The summed E-state index contributed by atoms with van der Waals surface area (Å²) in [6.45, 7) is 2.61. The van der Waals surface area contributed by atoms with Gasteiger partial charge in [-0.15, -0.1) is 0 Å². The quantitative estimate of drug-likeness (QED) is 0.662. The van der Waals surface area contributed by atoms with E-state index in [9.17, 15) is 9.59 Å². The van der Waals surface area contributed by atoms with Crippen LogP contribution in [0.1, 0.15) is 40.9 Å². The van der Waals surface area contributed by atoms with Gasteiger partial charge >= 0.3 is 0 Å². The van der Waals surface area contributed by atoms with Gasteiger partial charge in [-0.05, 0) is 30.7 Å². The number of carbonyl (C=O) groups excluding carboxylic acids is 2. The van der Waals surface area contributed by atoms with Crippen LogP contribution in [0, 0.1) is 0 Å². The fraction of sp³-hybridized carbons (Fsp3) is 0.190. The highest BCUT2D eigenvalue weighted by Gasteiger charge is 2.21. The fourth-order valence-corrected chi connectivity index (χ4v) is 2.71. The SMILES string of the molecule is CCCCn1c(C(=O)Nc2ccccc2)cnc1C(=O)Nc1ccccc1. The maximum absolute atomic E-state index is 12.7. The second-order valence-electron chi connectivity index (χ2n) is 6.11. The first kappa shape index (κ1) is 18.4. The molecule has 2 amide bonds. The van der Waals surface area contributed by atoms with Crippen molar-refractivity contribution in [2.45, 2.75) is 26.3 Å². The van der Waals surface area contributed by atoms with Gasteiger partial charge in [0, 0.05) is 17.9 Å². The van der Waals surface area contributed by atoms with E-state index in [2.05, 4.69) is 22.5 Å². The maximum atomic E-state index is 12.7. The highest BCUT2D eigenvalue weighted by Crippen LogP contribution is 2.14. The van der Waals surface area contributed by atoms with E-state index in [4.69, 9.17) is 0 Å². The Morgan fingerprint density at radius 3 is 2.00 bits per heavy atom. The number of rotatable bonds is 7. The summed E-state index contributed by atoms with van der Waals surface area (Å²) in [7, 11) is 0. The summed E-state index contributed by atoms with van der Waals surface area (Å²) < 4.78 is 1.68. The van der Waals surface area contributed by atoms with E-state index in [1.54, 1.807) is 16.7 Å². The minimum absolute atomic E-state index is 0.227. The van der Waals surface area contributed by atoms with Crippen LogP contribution in [0.25, 0.3) is 0 Å². The molecule has 0 radical (unpaired) electrons. The number of anilines is 2. The molecule has 1 aromatic heterocycles. The van der Waals surface area contributed by atoms with Crippen molar-refractivity contribution in [3.05, 3.63) is 78.4 Å². The Bertz CT molecular complexity index is 833. The van der Waals surface area contributed by atoms with E-state index in [0.29, 0.717) is 23.6 Å². The number of aromatic nitrogens is 2. The monoisotopic (exact) mass is 362 g/mol. The highest BCUT2D eigenvalue weighted by molar-refractivity contribution is 6.06. The van der Waals surface area contributed by atoms with Crippen molar-refractivity contribution >= 4 is 23.2 Å². The first-order valence-electron chi connectivity index (χ1n) is 8.97. The Labute approximate surface area is 158 Å². The van der Waals surface area contributed by atoms with Crippen molar-refractivity contribution < 1.29 is 9.59 Å². The van der Waals surface area contributed by atoms with Crippen molar-refractivity contribution in [1.29, 1.82) is 0 Å². The molecule has 3 aromatic rings. The molecule has 6 nitrogen and oxygen atoms in total. The molecule has 6 heteroatoms. The number of amides is 2. The Hall–Kier alpha value is -3.41. The molecule has 0 atom stereocenters. The zero-order chi connectivity index (χ0) is 19.1. The highest BCUT2D eigenvalue weighted by atomic mass is 16.2. The molecule has 0 bridgehead atoms. The molecule has 2 N–H and O–H groups in total. The number of benzene rings is 2. The lowest BCUT2D eigenvalue weighted by atomic mass is 10.3. The Morgan fingerprint density at radius 2 is 1.44 bits per heavy atom. The van der Waals surface area contributed by atoms with Crippen molar-refractivity contribution in [2.24, 2.45) is 0 Å². The lowest BCUT2D eigenvalue weighted by Crippen LogP contribution is -2.22. The predicted molar refractivity (Wildman–Crippen MR) is 106 cm³/mol. The number of para-hydroxylation sites is 2. The van der Waals surface area contributed by atoms with Crippen molar-refractivity contribution in [3.63, 3.8) is 0 Å². The Morgan fingerprint density at radius 1 is 0.889 bits per heavy atom. The Balaban J connectivity index is 1.84. The van der Waals surface area contributed by atoms with Gasteiger partial charge in [0.15, 0.2) is 5.82 Å². The van der Waals surface area contributed by atoms with Gasteiger partial charge in [-0.2, -0.15) is 0 Å². The Kier molecular flexibility index (Phi) is 5.99. The third-order valence-corrected chi connectivity index (χ3v) is 4.09. The normalized spacial score (nSPS) is 10.4. The van der Waals surface area contributed by atoms with E-state index in [-0.39, 0.29) is 17.6 Å². The van der Waals surface area contributed by atoms with Crippen molar-refractivity contribution in [2.75, 3.05) is 10.6 Å². The molecule has 3 rings (SSSR count). The zero-order valence-electron chi connectivity index (χ0n) is 15.2. The van der Waals surface area contributed by atoms with Gasteiger partial charge in [0.2, 0.25) is 0 Å². The number of nitrogens with one attached hydrogen (secondary N) is 2. The van der Waals surface area contributed by atoms with Crippen LogP contribution in [-0.2, 0) is 6.54 Å². The molecule has 0 aliphatic rings. The molecule has 27 heavy (non-hydrogen) atoms. The lowest BCUT2D eigenvalue weighted by molar-refractivity contribution is 0.100. The van der Waals surface area contributed by atoms with E-state index < -0.39 is 0 Å². The summed E-state index contributed by atoms with van der Waals surface area (Å²) in [6.07, 6.45) is 3.24. The smallest absolute Gasteiger partial charge is 0.291 e. The molecule has 0 spiro atoms. The molecule has 2 aromatic carbocycles. The predicted octanol–water partition coefficient (Wildman–Crippen LogP) is 4.19. The van der Waals surface area contributed by atoms with Gasteiger partial charge in [-0.25, -0.2) is 4.98 Å². The summed E-state index contributed by atoms with van der Waals surface area (Å²) in [5.74, 6) is -0.398. The molecule has 0 aliphatic heterocycles. The van der Waals surface area contributed by atoms with Crippen LogP contribution in [0.2, 0.25) is 0 Å². The van der Waals surface area contributed by atoms with E-state index >= 15 is 0 Å². The van der Waals surface area contributed by atoms with Crippen LogP contribution in [-0.4, -0.2) is 21.4 Å². The van der Waals surface area contributed by atoms with Gasteiger partial charge in [-0.3, -0.25) is 9.59 Å². The minimum atomic E-state index is -0.337. The van der Waals surface area contributed by atoms with Crippen LogP contribution in [0.4, 0.5) is 11.4 Å². The van der Waals surface area contributed by atoms with Crippen LogP contribution in [0.5, 0.6) is 0 Å². The topological polar surface area (TPSA) is 76.0 Å². The third kappa shape index (κ3) is 4.61. The number of hydrogen-bond acceptors (Lipinski definition) is 3. The van der Waals surface area contributed by atoms with Crippen LogP contribution in [0.3, 0.4) is 0 Å². The summed E-state index contributed by atoms with van der Waals surface area (Å²) in [5.41, 5.74) is 1.74. The molecule has 138 valence electrons. The number of unbranched alkanes of at least 4 members (excludes halogenated alkanes) is 1.